The van der Waals surface area contributed by atoms with E-state index in [9.17, 15) is 4.39 Å². The maximum absolute atomic E-state index is 16.5. The van der Waals surface area contributed by atoms with Crippen molar-refractivity contribution in [1.29, 1.82) is 0 Å². The molecule has 0 saturated heterocycles. The van der Waals surface area contributed by atoms with Crippen LogP contribution in [-0.2, 0) is 5.67 Å². The Labute approximate surface area is 220 Å². The molecule has 0 saturated carbocycles. The maximum atomic E-state index is 16.5. The van der Waals surface area contributed by atoms with Gasteiger partial charge in [-0.3, -0.25) is 0 Å². The third kappa shape index (κ3) is 7.90. The molecule has 5 heteroatoms. The van der Waals surface area contributed by atoms with E-state index in [-0.39, 0.29) is 23.3 Å². The van der Waals surface area contributed by atoms with Gasteiger partial charge in [0.15, 0.2) is 17.2 Å². The number of unbranched alkanes of at least 4 members (excludes halogenated alkanes) is 8. The van der Waals surface area contributed by atoms with Crippen molar-refractivity contribution in [1.82, 2.24) is 0 Å². The van der Waals surface area contributed by atoms with Gasteiger partial charge in [-0.2, -0.15) is 4.39 Å². The molecular formula is C32H41F3O2. The van der Waals surface area contributed by atoms with E-state index < -0.39 is 17.3 Å². The largest absolute Gasteiger partial charge is 0.494 e. The highest BCUT2D eigenvalue weighted by molar-refractivity contribution is 5.77. The zero-order valence-electron chi connectivity index (χ0n) is 22.3. The zero-order chi connectivity index (χ0) is 26.5. The lowest BCUT2D eigenvalue weighted by Gasteiger charge is -2.30. The van der Waals surface area contributed by atoms with Crippen LogP contribution in [0.4, 0.5) is 13.2 Å². The summed E-state index contributed by atoms with van der Waals surface area (Å²) in [6.07, 6.45) is 15.8. The average Bonchev–Trinajstić information content (AvgIpc) is 2.91. The lowest BCUT2D eigenvalue weighted by molar-refractivity contribution is 0.247. The van der Waals surface area contributed by atoms with Crippen LogP contribution in [0.15, 0.2) is 54.6 Å². The fourth-order valence-electron chi connectivity index (χ4n) is 4.66. The quantitative estimate of drug-likeness (QED) is 0.208. The van der Waals surface area contributed by atoms with E-state index in [1.165, 1.54) is 43.9 Å². The number of hydrogen-bond acceptors (Lipinski definition) is 2. The van der Waals surface area contributed by atoms with Gasteiger partial charge in [-0.1, -0.05) is 95.6 Å². The standard InChI is InChI=1S/C32H41F3O2/c1-3-5-7-9-10-14-24-37-29-21-20-27(30(33)31(29)34)28-15-11-12-22-32(28,35)25-16-18-26(19-17-25)36-23-13-8-6-4-2/h11-12,15-21H,3-10,13-14,22-24H2,1-2H3. The predicted octanol–water partition coefficient (Wildman–Crippen LogP) is 9.87. The molecule has 0 heterocycles. The highest BCUT2D eigenvalue weighted by Gasteiger charge is 2.39. The second kappa shape index (κ2) is 14.9. The molecule has 1 aliphatic rings. The molecule has 3 rings (SSSR count). The molecule has 0 fully saturated rings. The van der Waals surface area contributed by atoms with E-state index in [4.69, 9.17) is 9.47 Å². The molecule has 0 radical (unpaired) electrons. The molecule has 0 aromatic heterocycles. The van der Waals surface area contributed by atoms with Gasteiger partial charge in [0.05, 0.1) is 13.2 Å². The van der Waals surface area contributed by atoms with E-state index in [0.717, 1.165) is 38.5 Å². The number of allylic oxidation sites excluding steroid dienone is 4. The molecule has 0 N–H and O–H groups in total. The summed E-state index contributed by atoms with van der Waals surface area (Å²) in [6, 6.07) is 9.63. The molecule has 0 bridgehead atoms. The first-order valence-corrected chi connectivity index (χ1v) is 13.9. The van der Waals surface area contributed by atoms with Crippen molar-refractivity contribution in [3.05, 3.63) is 77.4 Å². The monoisotopic (exact) mass is 514 g/mol. The smallest absolute Gasteiger partial charge is 0.201 e. The van der Waals surface area contributed by atoms with Gasteiger partial charge in [0, 0.05) is 17.6 Å². The first-order chi connectivity index (χ1) is 18.0. The lowest BCUT2D eigenvalue weighted by Crippen LogP contribution is -2.24. The Balaban J connectivity index is 1.68. The molecule has 2 aromatic carbocycles. The molecule has 1 aliphatic carbocycles. The molecule has 2 aromatic rings. The summed E-state index contributed by atoms with van der Waals surface area (Å²) in [4.78, 5) is 0. The van der Waals surface area contributed by atoms with Gasteiger partial charge in [-0.15, -0.1) is 0 Å². The topological polar surface area (TPSA) is 18.5 Å². The van der Waals surface area contributed by atoms with E-state index in [2.05, 4.69) is 13.8 Å². The van der Waals surface area contributed by atoms with Crippen LogP contribution in [0.1, 0.15) is 95.6 Å². The third-order valence-corrected chi connectivity index (χ3v) is 6.90. The Bertz CT molecular complexity index is 1030. The number of ether oxygens (including phenoxy) is 2. The normalized spacial score (nSPS) is 17.1. The van der Waals surface area contributed by atoms with Crippen LogP contribution < -0.4 is 9.47 Å². The number of benzene rings is 2. The van der Waals surface area contributed by atoms with Gasteiger partial charge in [-0.25, -0.2) is 8.78 Å². The first kappa shape index (κ1) is 28.9. The third-order valence-electron chi connectivity index (χ3n) is 6.90. The molecular weight excluding hydrogens is 473 g/mol. The molecule has 37 heavy (non-hydrogen) atoms. The fourth-order valence-corrected chi connectivity index (χ4v) is 4.66. The van der Waals surface area contributed by atoms with Crippen molar-refractivity contribution >= 4 is 5.57 Å². The summed E-state index contributed by atoms with van der Waals surface area (Å²) in [5, 5.41) is 0. The number of hydrogen-bond donors (Lipinski definition) is 0. The molecule has 2 nitrogen and oxygen atoms in total. The van der Waals surface area contributed by atoms with E-state index >= 15 is 8.78 Å². The predicted molar refractivity (Wildman–Crippen MR) is 146 cm³/mol. The van der Waals surface area contributed by atoms with Crippen LogP contribution in [0, 0.1) is 11.6 Å². The minimum atomic E-state index is -1.98. The minimum absolute atomic E-state index is 0.0351. The lowest BCUT2D eigenvalue weighted by atomic mass is 9.79. The molecule has 0 spiro atoms. The van der Waals surface area contributed by atoms with E-state index in [0.29, 0.717) is 24.5 Å². The van der Waals surface area contributed by atoms with Crippen molar-refractivity contribution in [2.75, 3.05) is 13.2 Å². The summed E-state index contributed by atoms with van der Waals surface area (Å²) >= 11 is 0. The van der Waals surface area contributed by atoms with Crippen LogP contribution in [0.3, 0.4) is 0 Å². The van der Waals surface area contributed by atoms with Crippen LogP contribution >= 0.6 is 0 Å². The molecule has 202 valence electrons. The molecule has 0 amide bonds. The summed E-state index contributed by atoms with van der Waals surface area (Å²) in [7, 11) is 0. The molecule has 1 atom stereocenters. The van der Waals surface area contributed by atoms with Gasteiger partial charge in [-0.05, 0) is 42.7 Å². The van der Waals surface area contributed by atoms with Crippen LogP contribution in [0.25, 0.3) is 5.57 Å². The van der Waals surface area contributed by atoms with Crippen molar-refractivity contribution in [3.8, 4) is 11.5 Å². The van der Waals surface area contributed by atoms with Gasteiger partial charge >= 0.3 is 0 Å². The van der Waals surface area contributed by atoms with Crippen LogP contribution in [0.5, 0.6) is 11.5 Å². The van der Waals surface area contributed by atoms with Crippen molar-refractivity contribution in [3.63, 3.8) is 0 Å². The molecule has 1 unspecified atom stereocenters. The first-order valence-electron chi connectivity index (χ1n) is 13.9. The van der Waals surface area contributed by atoms with Gasteiger partial charge in [0.1, 0.15) is 5.75 Å². The van der Waals surface area contributed by atoms with Gasteiger partial charge in [0.25, 0.3) is 0 Å². The Morgan fingerprint density at radius 1 is 0.730 bits per heavy atom. The van der Waals surface area contributed by atoms with Crippen molar-refractivity contribution in [2.45, 2.75) is 90.1 Å². The highest BCUT2D eigenvalue weighted by atomic mass is 19.2. The summed E-state index contributed by atoms with van der Waals surface area (Å²) in [5.74, 6) is -1.62. The Morgan fingerprint density at radius 3 is 2.05 bits per heavy atom. The van der Waals surface area contributed by atoms with Crippen LogP contribution in [-0.4, -0.2) is 13.2 Å². The van der Waals surface area contributed by atoms with E-state index in [1.807, 2.05) is 0 Å². The SMILES string of the molecule is CCCCCCCCOc1ccc(C2=CC=CCC2(F)c2ccc(OCCCCCC)cc2)c(F)c1F. The number of rotatable bonds is 16. The van der Waals surface area contributed by atoms with Crippen LogP contribution in [0.2, 0.25) is 0 Å². The summed E-state index contributed by atoms with van der Waals surface area (Å²) < 4.78 is 57.9. The van der Waals surface area contributed by atoms with Gasteiger partial charge in [0.2, 0.25) is 5.82 Å². The Hall–Kier alpha value is -2.69. The summed E-state index contributed by atoms with van der Waals surface area (Å²) in [6.45, 7) is 5.27. The summed E-state index contributed by atoms with van der Waals surface area (Å²) in [5.41, 5.74) is -1.60. The minimum Gasteiger partial charge on any atom is -0.494 e. The Kier molecular flexibility index (Phi) is 11.6. The van der Waals surface area contributed by atoms with Crippen molar-refractivity contribution in [2.24, 2.45) is 0 Å². The fraction of sp³-hybridized carbons (Fsp3) is 0.500. The maximum Gasteiger partial charge on any atom is 0.201 e. The Morgan fingerprint density at radius 2 is 1.35 bits per heavy atom. The second-order valence-corrected chi connectivity index (χ2v) is 9.80. The average molecular weight is 515 g/mol. The zero-order valence-corrected chi connectivity index (χ0v) is 22.3. The number of halogens is 3. The van der Waals surface area contributed by atoms with Gasteiger partial charge < -0.3 is 9.47 Å². The molecule has 0 aliphatic heterocycles. The highest BCUT2D eigenvalue weighted by Crippen LogP contribution is 2.46. The van der Waals surface area contributed by atoms with E-state index in [1.54, 1.807) is 36.4 Å². The number of alkyl halides is 1. The van der Waals surface area contributed by atoms with Crippen molar-refractivity contribution < 1.29 is 22.6 Å². The second-order valence-electron chi connectivity index (χ2n) is 9.80.